The number of Topliss-reactive ketones (excluding diaryl/α,β-unsaturated/α-hetero) is 1. The van der Waals surface area contributed by atoms with E-state index in [9.17, 15) is 30.2 Å². The van der Waals surface area contributed by atoms with Crippen LogP contribution in [0.3, 0.4) is 0 Å². The number of nitriles is 2. The van der Waals surface area contributed by atoms with Crippen molar-refractivity contribution in [1.82, 2.24) is 0 Å². The number of carbonyl (C=O) groups excluding carboxylic acids is 2. The molecule has 0 radical (unpaired) electrons. The van der Waals surface area contributed by atoms with Crippen molar-refractivity contribution in [2.45, 2.75) is 39.5 Å². The second-order valence-electron chi connectivity index (χ2n) is 8.00. The van der Waals surface area contributed by atoms with Crippen LogP contribution >= 0.6 is 11.3 Å². The lowest BCUT2D eigenvalue weighted by molar-refractivity contribution is -0.384. The van der Waals surface area contributed by atoms with Crippen molar-refractivity contribution >= 4 is 40.5 Å². The van der Waals surface area contributed by atoms with E-state index in [0.717, 1.165) is 49.4 Å². The van der Waals surface area contributed by atoms with Crippen molar-refractivity contribution in [3.05, 3.63) is 60.3 Å². The van der Waals surface area contributed by atoms with Gasteiger partial charge in [0.25, 0.3) is 5.69 Å². The fraction of sp³-hybridized carbons (Fsp3) is 0.360. The molecule has 3 rings (SSSR count). The van der Waals surface area contributed by atoms with Crippen LogP contribution < -0.4 is 4.90 Å². The molecule has 0 spiro atoms. The first-order valence-corrected chi connectivity index (χ1v) is 12.0. The molecule has 1 saturated heterocycles. The Balaban J connectivity index is 1.98. The number of allylic oxidation sites excluding steroid dienone is 1. The fourth-order valence-electron chi connectivity index (χ4n) is 4.00. The van der Waals surface area contributed by atoms with Crippen molar-refractivity contribution in [2.75, 3.05) is 24.6 Å². The Morgan fingerprint density at radius 2 is 1.97 bits per heavy atom. The maximum atomic E-state index is 13.1. The number of anilines is 1. The molecule has 0 unspecified atom stereocenters. The summed E-state index contributed by atoms with van der Waals surface area (Å²) in [5, 5.41) is 30.7. The Morgan fingerprint density at radius 3 is 2.57 bits per heavy atom. The first kappa shape index (κ1) is 25.6. The Hall–Kier alpha value is -4.02. The zero-order chi connectivity index (χ0) is 25.5. The molecular weight excluding hydrogens is 468 g/mol. The summed E-state index contributed by atoms with van der Waals surface area (Å²) >= 11 is 1.00. The second kappa shape index (κ2) is 11.4. The standard InChI is InChI=1S/C25H24N4O5S/c1-3-34-25(31)24-16(2)20(15-27)23(35-24)13-22(30)18(14-26)11-17-12-19(29(32)33)7-8-21(17)28-9-5-4-6-10-28/h7-8,11-12H,3-6,9-10,13H2,1-2H3/b18-11-. The van der Waals surface area contributed by atoms with Crippen molar-refractivity contribution in [2.24, 2.45) is 0 Å². The zero-order valence-electron chi connectivity index (χ0n) is 19.5. The maximum absolute atomic E-state index is 13.1. The number of carbonyl (C=O) groups is 2. The molecule has 1 fully saturated rings. The van der Waals surface area contributed by atoms with Crippen molar-refractivity contribution in [3.63, 3.8) is 0 Å². The molecule has 0 aliphatic carbocycles. The third kappa shape index (κ3) is 5.73. The number of nitrogens with zero attached hydrogens (tertiary/aromatic N) is 4. The lowest BCUT2D eigenvalue weighted by Crippen LogP contribution is -2.30. The molecule has 0 saturated carbocycles. The summed E-state index contributed by atoms with van der Waals surface area (Å²) in [5.74, 6) is -1.11. The van der Waals surface area contributed by atoms with Gasteiger partial charge in [-0.25, -0.2) is 4.79 Å². The van der Waals surface area contributed by atoms with E-state index >= 15 is 0 Å². The summed E-state index contributed by atoms with van der Waals surface area (Å²) < 4.78 is 5.03. The predicted octanol–water partition coefficient (Wildman–Crippen LogP) is 4.72. The summed E-state index contributed by atoms with van der Waals surface area (Å²) in [4.78, 5) is 38.8. The van der Waals surface area contributed by atoms with Crippen molar-refractivity contribution < 1.29 is 19.2 Å². The van der Waals surface area contributed by atoms with Gasteiger partial charge in [0.05, 0.1) is 22.7 Å². The second-order valence-corrected chi connectivity index (χ2v) is 9.11. The van der Waals surface area contributed by atoms with Gasteiger partial charge in [0.2, 0.25) is 0 Å². The molecule has 35 heavy (non-hydrogen) atoms. The van der Waals surface area contributed by atoms with Crippen LogP contribution in [0.25, 0.3) is 6.08 Å². The highest BCUT2D eigenvalue weighted by atomic mass is 32.1. The van der Waals surface area contributed by atoms with Crippen LogP contribution in [0.2, 0.25) is 0 Å². The normalized spacial score (nSPS) is 13.6. The Bertz CT molecular complexity index is 1280. The highest BCUT2D eigenvalue weighted by Crippen LogP contribution is 2.32. The number of thiophene rings is 1. The number of nitro benzene ring substituents is 1. The number of nitro groups is 1. The summed E-state index contributed by atoms with van der Waals surface area (Å²) in [6.45, 7) is 5.03. The number of piperidine rings is 1. The first-order valence-electron chi connectivity index (χ1n) is 11.2. The van der Waals surface area contributed by atoms with Crippen LogP contribution in [0.1, 0.15) is 57.4 Å². The van der Waals surface area contributed by atoms with E-state index in [1.54, 1.807) is 19.9 Å². The van der Waals surface area contributed by atoms with E-state index in [0.29, 0.717) is 16.0 Å². The summed E-state index contributed by atoms with van der Waals surface area (Å²) in [7, 11) is 0. The molecule has 0 N–H and O–H groups in total. The maximum Gasteiger partial charge on any atom is 0.348 e. The molecule has 0 atom stereocenters. The summed E-state index contributed by atoms with van der Waals surface area (Å²) in [6, 6.07) is 8.37. The van der Waals surface area contributed by atoms with Crippen molar-refractivity contribution in [3.8, 4) is 12.1 Å². The molecule has 180 valence electrons. The molecule has 1 aromatic carbocycles. The largest absolute Gasteiger partial charge is 0.462 e. The molecule has 2 heterocycles. The number of ether oxygens (including phenoxy) is 1. The third-order valence-electron chi connectivity index (χ3n) is 5.75. The topological polar surface area (TPSA) is 137 Å². The molecule has 10 heteroatoms. The zero-order valence-corrected chi connectivity index (χ0v) is 20.3. The van der Waals surface area contributed by atoms with Crippen LogP contribution in [0.15, 0.2) is 23.8 Å². The average molecular weight is 493 g/mol. The van der Waals surface area contributed by atoms with E-state index in [1.165, 1.54) is 18.2 Å². The Kier molecular flexibility index (Phi) is 8.34. The van der Waals surface area contributed by atoms with Gasteiger partial charge in [0.15, 0.2) is 5.78 Å². The minimum atomic E-state index is -0.566. The first-order chi connectivity index (χ1) is 16.8. The Labute approximate surface area is 207 Å². The monoisotopic (exact) mass is 492 g/mol. The summed E-state index contributed by atoms with van der Waals surface area (Å²) in [5.41, 5.74) is 1.48. The fourth-order valence-corrected chi connectivity index (χ4v) is 5.15. The molecule has 0 amide bonds. The van der Waals surface area contributed by atoms with Crippen LogP contribution in [0, 0.1) is 39.7 Å². The number of benzene rings is 1. The van der Waals surface area contributed by atoms with Crippen LogP contribution in [-0.2, 0) is 16.0 Å². The molecule has 1 aliphatic rings. The van der Waals surface area contributed by atoms with E-state index in [2.05, 4.69) is 4.90 Å². The highest BCUT2D eigenvalue weighted by Gasteiger charge is 2.24. The molecular formula is C25H24N4O5S. The number of hydrogen-bond donors (Lipinski definition) is 0. The van der Waals surface area contributed by atoms with Crippen LogP contribution in [-0.4, -0.2) is 36.4 Å². The number of esters is 1. The number of non-ortho nitro benzene ring substituents is 1. The molecule has 1 aromatic heterocycles. The van der Waals surface area contributed by atoms with Gasteiger partial charge in [0.1, 0.15) is 17.0 Å². The van der Waals surface area contributed by atoms with E-state index < -0.39 is 16.7 Å². The quantitative estimate of drug-likeness (QED) is 0.170. The van der Waals surface area contributed by atoms with Gasteiger partial charge in [0, 0.05) is 47.8 Å². The van der Waals surface area contributed by atoms with Gasteiger partial charge in [-0.15, -0.1) is 11.3 Å². The van der Waals surface area contributed by atoms with Gasteiger partial charge in [-0.3, -0.25) is 14.9 Å². The predicted molar refractivity (Wildman–Crippen MR) is 131 cm³/mol. The van der Waals surface area contributed by atoms with Crippen molar-refractivity contribution in [1.29, 1.82) is 10.5 Å². The molecule has 1 aliphatic heterocycles. The van der Waals surface area contributed by atoms with Crippen LogP contribution in [0.4, 0.5) is 11.4 Å². The van der Waals surface area contributed by atoms with Gasteiger partial charge >= 0.3 is 5.97 Å². The van der Waals surface area contributed by atoms with E-state index in [-0.39, 0.29) is 34.7 Å². The minimum Gasteiger partial charge on any atom is -0.462 e. The molecule has 2 aromatic rings. The molecule has 9 nitrogen and oxygen atoms in total. The number of rotatable bonds is 8. The summed E-state index contributed by atoms with van der Waals surface area (Å²) in [6.07, 6.45) is 4.20. The SMILES string of the molecule is CCOC(=O)c1sc(CC(=O)/C(C#N)=C\c2cc([N+](=O)[O-])ccc2N2CCCCC2)c(C#N)c1C. The van der Waals surface area contributed by atoms with Gasteiger partial charge in [-0.2, -0.15) is 10.5 Å². The van der Waals surface area contributed by atoms with E-state index in [1.807, 2.05) is 12.1 Å². The highest BCUT2D eigenvalue weighted by molar-refractivity contribution is 7.14. The number of ketones is 1. The van der Waals surface area contributed by atoms with Gasteiger partial charge in [-0.1, -0.05) is 0 Å². The van der Waals surface area contributed by atoms with Gasteiger partial charge in [-0.05, 0) is 50.8 Å². The lowest BCUT2D eigenvalue weighted by Gasteiger charge is -2.30. The average Bonchev–Trinajstić information content (AvgIpc) is 3.17. The lowest BCUT2D eigenvalue weighted by atomic mass is 10.0. The number of hydrogen-bond acceptors (Lipinski definition) is 9. The minimum absolute atomic E-state index is 0.138. The van der Waals surface area contributed by atoms with Crippen LogP contribution in [0.5, 0.6) is 0 Å². The molecule has 0 bridgehead atoms. The smallest absolute Gasteiger partial charge is 0.348 e. The Morgan fingerprint density at radius 1 is 1.26 bits per heavy atom. The van der Waals surface area contributed by atoms with Gasteiger partial charge < -0.3 is 9.64 Å². The third-order valence-corrected chi connectivity index (χ3v) is 7.02. The van der Waals surface area contributed by atoms with E-state index in [4.69, 9.17) is 4.74 Å².